The fourth-order valence-corrected chi connectivity index (χ4v) is 0.772. The van der Waals surface area contributed by atoms with Gasteiger partial charge in [0.1, 0.15) is 6.61 Å². The lowest BCUT2D eigenvalue weighted by Gasteiger charge is -2.03. The summed E-state index contributed by atoms with van der Waals surface area (Å²) in [5.74, 6) is -1.12. The molecule has 5 nitrogen and oxygen atoms in total. The van der Waals surface area contributed by atoms with E-state index in [4.69, 9.17) is 0 Å². The van der Waals surface area contributed by atoms with Crippen molar-refractivity contribution in [2.45, 2.75) is 33.1 Å². The summed E-state index contributed by atoms with van der Waals surface area (Å²) in [6, 6.07) is 0. The molecule has 0 aromatic rings. The molecular formula is C10H16O5. The topological polar surface area (TPSA) is 69.7 Å². The Hall–Kier alpha value is -1.39. The van der Waals surface area contributed by atoms with Crippen molar-refractivity contribution in [1.82, 2.24) is 0 Å². The van der Waals surface area contributed by atoms with Gasteiger partial charge in [0.05, 0.1) is 19.4 Å². The summed E-state index contributed by atoms with van der Waals surface area (Å²) in [5, 5.41) is 0. The Balaban J connectivity index is 3.57. The molecule has 0 saturated heterocycles. The SMILES string of the molecule is CCOC(=O)CCC(=O)OCC(=O)CC. The highest BCUT2D eigenvalue weighted by Crippen LogP contribution is 1.96. The number of carbonyl (C=O) groups excluding carboxylic acids is 3. The van der Waals surface area contributed by atoms with Crippen LogP contribution in [0.25, 0.3) is 0 Å². The van der Waals surface area contributed by atoms with Gasteiger partial charge in [0.15, 0.2) is 5.78 Å². The summed E-state index contributed by atoms with van der Waals surface area (Å²) in [5.41, 5.74) is 0. The van der Waals surface area contributed by atoms with Gasteiger partial charge in [-0.3, -0.25) is 14.4 Å². The zero-order valence-corrected chi connectivity index (χ0v) is 9.08. The van der Waals surface area contributed by atoms with Gasteiger partial charge in [0.25, 0.3) is 0 Å². The fourth-order valence-electron chi connectivity index (χ4n) is 0.772. The number of hydrogen-bond donors (Lipinski definition) is 0. The van der Waals surface area contributed by atoms with E-state index in [2.05, 4.69) is 9.47 Å². The molecule has 0 aliphatic carbocycles. The minimum Gasteiger partial charge on any atom is -0.466 e. The lowest BCUT2D eigenvalue weighted by molar-refractivity contribution is -0.151. The van der Waals surface area contributed by atoms with Crippen LogP contribution in [0.15, 0.2) is 0 Å². The largest absolute Gasteiger partial charge is 0.466 e. The molecule has 0 heterocycles. The summed E-state index contributed by atoms with van der Waals surface area (Å²) in [6.07, 6.45) is 0.286. The van der Waals surface area contributed by atoms with E-state index in [1.54, 1.807) is 13.8 Å². The number of carbonyl (C=O) groups is 3. The first-order valence-corrected chi connectivity index (χ1v) is 4.93. The molecule has 86 valence electrons. The summed E-state index contributed by atoms with van der Waals surface area (Å²) in [6.45, 7) is 3.46. The van der Waals surface area contributed by atoms with Crippen LogP contribution in [0, 0.1) is 0 Å². The van der Waals surface area contributed by atoms with E-state index in [1.807, 2.05) is 0 Å². The van der Waals surface area contributed by atoms with Crippen molar-refractivity contribution in [3.8, 4) is 0 Å². The number of hydrogen-bond acceptors (Lipinski definition) is 5. The molecule has 0 saturated carbocycles. The van der Waals surface area contributed by atoms with Crippen molar-refractivity contribution < 1.29 is 23.9 Å². The predicted molar refractivity (Wildman–Crippen MR) is 52.1 cm³/mol. The summed E-state index contributed by atoms with van der Waals surface area (Å²) < 4.78 is 9.25. The summed E-state index contributed by atoms with van der Waals surface area (Å²) in [4.78, 5) is 32.6. The average Bonchev–Trinajstić information content (AvgIpc) is 2.23. The second kappa shape index (κ2) is 7.96. The van der Waals surface area contributed by atoms with Crippen molar-refractivity contribution in [2.75, 3.05) is 13.2 Å². The van der Waals surface area contributed by atoms with Gasteiger partial charge >= 0.3 is 11.9 Å². The van der Waals surface area contributed by atoms with Crippen molar-refractivity contribution in [2.24, 2.45) is 0 Å². The van der Waals surface area contributed by atoms with E-state index in [1.165, 1.54) is 0 Å². The van der Waals surface area contributed by atoms with Crippen LogP contribution in [0.2, 0.25) is 0 Å². The molecule has 0 bridgehead atoms. The van der Waals surface area contributed by atoms with Crippen LogP contribution in [0.3, 0.4) is 0 Å². The van der Waals surface area contributed by atoms with Gasteiger partial charge in [-0.05, 0) is 6.92 Å². The fraction of sp³-hybridized carbons (Fsp3) is 0.700. The zero-order valence-electron chi connectivity index (χ0n) is 9.08. The molecule has 15 heavy (non-hydrogen) atoms. The Labute approximate surface area is 88.7 Å². The van der Waals surface area contributed by atoms with Crippen molar-refractivity contribution in [3.05, 3.63) is 0 Å². The maximum absolute atomic E-state index is 11.0. The summed E-state index contributed by atoms with van der Waals surface area (Å²) in [7, 11) is 0. The molecule has 5 heteroatoms. The van der Waals surface area contributed by atoms with Crippen LogP contribution in [0.1, 0.15) is 33.1 Å². The maximum atomic E-state index is 11.0. The highest BCUT2D eigenvalue weighted by Gasteiger charge is 2.09. The third-order valence-corrected chi connectivity index (χ3v) is 1.63. The van der Waals surface area contributed by atoms with Gasteiger partial charge in [0.2, 0.25) is 0 Å². The van der Waals surface area contributed by atoms with Gasteiger partial charge in [-0.2, -0.15) is 0 Å². The van der Waals surface area contributed by atoms with Gasteiger partial charge < -0.3 is 9.47 Å². The van der Waals surface area contributed by atoms with E-state index in [0.717, 1.165) is 0 Å². The maximum Gasteiger partial charge on any atom is 0.306 e. The van der Waals surface area contributed by atoms with Crippen LogP contribution < -0.4 is 0 Å². The molecule has 0 unspecified atom stereocenters. The molecule has 0 amide bonds. The Morgan fingerprint density at radius 2 is 1.47 bits per heavy atom. The number of esters is 2. The molecule has 0 N–H and O–H groups in total. The van der Waals surface area contributed by atoms with E-state index in [-0.39, 0.29) is 25.2 Å². The number of rotatable bonds is 7. The average molecular weight is 216 g/mol. The van der Waals surface area contributed by atoms with Crippen LogP contribution in [0.4, 0.5) is 0 Å². The Bertz CT molecular complexity index is 234. The van der Waals surface area contributed by atoms with E-state index < -0.39 is 11.9 Å². The van der Waals surface area contributed by atoms with Crippen LogP contribution in [0.5, 0.6) is 0 Å². The van der Waals surface area contributed by atoms with Crippen molar-refractivity contribution >= 4 is 17.7 Å². The first kappa shape index (κ1) is 13.6. The number of ketones is 1. The number of Topliss-reactive ketones (excluding diaryl/α,β-unsaturated/α-hetero) is 1. The smallest absolute Gasteiger partial charge is 0.306 e. The van der Waals surface area contributed by atoms with E-state index >= 15 is 0 Å². The van der Waals surface area contributed by atoms with E-state index in [0.29, 0.717) is 13.0 Å². The monoisotopic (exact) mass is 216 g/mol. The molecular weight excluding hydrogens is 200 g/mol. The highest BCUT2D eigenvalue weighted by molar-refractivity contribution is 5.83. The lowest BCUT2D eigenvalue weighted by atomic mass is 10.3. The molecule has 0 radical (unpaired) electrons. The Morgan fingerprint density at radius 3 is 1.93 bits per heavy atom. The minimum atomic E-state index is -0.551. The van der Waals surface area contributed by atoms with Crippen LogP contribution in [-0.4, -0.2) is 30.9 Å². The molecule has 0 spiro atoms. The van der Waals surface area contributed by atoms with Gasteiger partial charge in [-0.25, -0.2) is 0 Å². The molecule has 0 aromatic heterocycles. The standard InChI is InChI=1S/C10H16O5/c1-3-8(11)7-15-10(13)6-5-9(12)14-4-2/h3-7H2,1-2H3. The van der Waals surface area contributed by atoms with Crippen molar-refractivity contribution in [1.29, 1.82) is 0 Å². The molecule has 0 aliphatic rings. The lowest BCUT2D eigenvalue weighted by Crippen LogP contribution is -2.14. The van der Waals surface area contributed by atoms with Crippen LogP contribution in [-0.2, 0) is 23.9 Å². The van der Waals surface area contributed by atoms with Gasteiger partial charge in [0, 0.05) is 6.42 Å². The normalized spacial score (nSPS) is 9.47. The minimum absolute atomic E-state index is 0.00696. The van der Waals surface area contributed by atoms with Crippen LogP contribution >= 0.6 is 0 Å². The second-order valence-electron chi connectivity index (χ2n) is 2.86. The predicted octanol–water partition coefficient (Wildman–Crippen LogP) is 0.852. The van der Waals surface area contributed by atoms with Crippen molar-refractivity contribution in [3.63, 3.8) is 0 Å². The molecule has 0 aliphatic heterocycles. The quantitative estimate of drug-likeness (QED) is 0.590. The second-order valence-corrected chi connectivity index (χ2v) is 2.86. The molecule has 0 atom stereocenters. The first-order chi connectivity index (χ1) is 7.10. The Morgan fingerprint density at radius 1 is 0.933 bits per heavy atom. The third kappa shape index (κ3) is 7.66. The van der Waals surface area contributed by atoms with Gasteiger partial charge in [-0.1, -0.05) is 6.92 Å². The molecule has 0 rings (SSSR count). The van der Waals surface area contributed by atoms with Gasteiger partial charge in [-0.15, -0.1) is 0 Å². The first-order valence-electron chi connectivity index (χ1n) is 4.93. The third-order valence-electron chi connectivity index (χ3n) is 1.63. The zero-order chi connectivity index (χ0) is 11.7. The molecule has 0 aromatic carbocycles. The Kier molecular flexibility index (Phi) is 7.23. The van der Waals surface area contributed by atoms with E-state index in [9.17, 15) is 14.4 Å². The number of ether oxygens (including phenoxy) is 2. The molecule has 0 fully saturated rings. The highest BCUT2D eigenvalue weighted by atomic mass is 16.5. The summed E-state index contributed by atoms with van der Waals surface area (Å²) >= 11 is 0.